The number of hydrogen-bond donors (Lipinski definition) is 2. The van der Waals surface area contributed by atoms with E-state index in [1.165, 1.54) is 0 Å². The van der Waals surface area contributed by atoms with Gasteiger partial charge in [0.2, 0.25) is 0 Å². The van der Waals surface area contributed by atoms with E-state index in [1.54, 1.807) is 0 Å². The maximum absolute atomic E-state index is 12.0. The highest BCUT2D eigenvalue weighted by atomic mass is 16.5. The van der Waals surface area contributed by atoms with E-state index in [4.69, 9.17) is 4.74 Å². The average molecular weight is 294 g/mol. The SMILES string of the molecule is CC(C)Cc1cc(C(=O)NCC[C@@H]2CN(C)CCO2)n[nH]1. The van der Waals surface area contributed by atoms with Gasteiger partial charge in [-0.1, -0.05) is 13.8 Å². The van der Waals surface area contributed by atoms with Crippen LogP contribution in [0.1, 0.15) is 36.5 Å². The van der Waals surface area contributed by atoms with E-state index >= 15 is 0 Å². The van der Waals surface area contributed by atoms with E-state index in [1.807, 2.05) is 6.07 Å². The molecule has 0 bridgehead atoms. The number of aromatic amines is 1. The van der Waals surface area contributed by atoms with Crippen molar-refractivity contribution in [3.63, 3.8) is 0 Å². The molecule has 2 N–H and O–H groups in total. The molecule has 0 radical (unpaired) electrons. The van der Waals surface area contributed by atoms with Crippen molar-refractivity contribution in [3.05, 3.63) is 17.5 Å². The second-order valence-corrected chi connectivity index (χ2v) is 6.18. The van der Waals surface area contributed by atoms with Crippen LogP contribution in [0.15, 0.2) is 6.07 Å². The van der Waals surface area contributed by atoms with E-state index in [0.29, 0.717) is 18.2 Å². The highest BCUT2D eigenvalue weighted by molar-refractivity contribution is 5.92. The topological polar surface area (TPSA) is 70.2 Å². The van der Waals surface area contributed by atoms with Crippen molar-refractivity contribution in [1.82, 2.24) is 20.4 Å². The Hall–Kier alpha value is -1.40. The molecule has 1 aromatic heterocycles. The molecule has 1 aromatic rings. The Kier molecular flexibility index (Phi) is 5.76. The van der Waals surface area contributed by atoms with E-state index in [9.17, 15) is 4.79 Å². The summed E-state index contributed by atoms with van der Waals surface area (Å²) in [6.07, 6.45) is 1.95. The molecular formula is C15H26N4O2. The zero-order valence-corrected chi connectivity index (χ0v) is 13.2. The second-order valence-electron chi connectivity index (χ2n) is 6.18. The van der Waals surface area contributed by atoms with Crippen molar-refractivity contribution in [2.75, 3.05) is 33.3 Å². The van der Waals surface area contributed by atoms with Crippen LogP contribution in [-0.2, 0) is 11.2 Å². The Bertz CT molecular complexity index is 458. The van der Waals surface area contributed by atoms with E-state index in [-0.39, 0.29) is 12.0 Å². The quantitative estimate of drug-likeness (QED) is 0.823. The minimum Gasteiger partial charge on any atom is -0.375 e. The second kappa shape index (κ2) is 7.56. The van der Waals surface area contributed by atoms with Crippen LogP contribution in [-0.4, -0.2) is 60.4 Å². The van der Waals surface area contributed by atoms with Gasteiger partial charge in [-0.05, 0) is 31.9 Å². The van der Waals surface area contributed by atoms with Crippen molar-refractivity contribution >= 4 is 5.91 Å². The summed E-state index contributed by atoms with van der Waals surface area (Å²) in [7, 11) is 2.09. The number of carbonyl (C=O) groups is 1. The highest BCUT2D eigenvalue weighted by Gasteiger charge is 2.18. The summed E-state index contributed by atoms with van der Waals surface area (Å²) in [5.74, 6) is 0.423. The van der Waals surface area contributed by atoms with Gasteiger partial charge in [0.1, 0.15) is 5.69 Å². The molecule has 1 fully saturated rings. The number of amides is 1. The maximum Gasteiger partial charge on any atom is 0.271 e. The number of H-pyrrole nitrogens is 1. The third kappa shape index (κ3) is 5.13. The summed E-state index contributed by atoms with van der Waals surface area (Å²) >= 11 is 0. The van der Waals surface area contributed by atoms with Crippen LogP contribution < -0.4 is 5.32 Å². The predicted octanol–water partition coefficient (Wildman–Crippen LogP) is 1.06. The molecule has 2 rings (SSSR count). The van der Waals surface area contributed by atoms with Crippen LogP contribution >= 0.6 is 0 Å². The summed E-state index contributed by atoms with van der Waals surface area (Å²) in [5.41, 5.74) is 1.47. The number of morpholine rings is 1. The molecule has 1 saturated heterocycles. The number of rotatable bonds is 6. The molecule has 21 heavy (non-hydrogen) atoms. The lowest BCUT2D eigenvalue weighted by Crippen LogP contribution is -2.41. The molecule has 1 aliphatic heterocycles. The van der Waals surface area contributed by atoms with Crippen molar-refractivity contribution in [2.24, 2.45) is 5.92 Å². The number of ether oxygens (including phenoxy) is 1. The Morgan fingerprint density at radius 3 is 3.14 bits per heavy atom. The summed E-state index contributed by atoms with van der Waals surface area (Å²) in [6, 6.07) is 1.83. The summed E-state index contributed by atoms with van der Waals surface area (Å²) < 4.78 is 5.67. The first-order valence-electron chi connectivity index (χ1n) is 7.67. The van der Waals surface area contributed by atoms with Gasteiger partial charge in [0.25, 0.3) is 5.91 Å². The molecule has 0 spiro atoms. The van der Waals surface area contributed by atoms with Gasteiger partial charge in [0.05, 0.1) is 12.7 Å². The number of carbonyl (C=O) groups excluding carboxylic acids is 1. The molecule has 1 amide bonds. The zero-order valence-electron chi connectivity index (χ0n) is 13.2. The minimum absolute atomic E-state index is 0.120. The lowest BCUT2D eigenvalue weighted by molar-refractivity contribution is -0.0226. The first-order chi connectivity index (χ1) is 10.0. The number of nitrogens with zero attached hydrogens (tertiary/aromatic N) is 2. The Balaban J connectivity index is 1.72. The minimum atomic E-state index is -0.120. The van der Waals surface area contributed by atoms with Gasteiger partial charge in [-0.2, -0.15) is 5.10 Å². The number of nitrogens with one attached hydrogen (secondary N) is 2. The van der Waals surface area contributed by atoms with Crippen molar-refractivity contribution in [2.45, 2.75) is 32.8 Å². The van der Waals surface area contributed by atoms with E-state index in [2.05, 4.69) is 41.3 Å². The fraction of sp³-hybridized carbons (Fsp3) is 0.733. The van der Waals surface area contributed by atoms with Crippen molar-refractivity contribution in [3.8, 4) is 0 Å². The maximum atomic E-state index is 12.0. The number of hydrogen-bond acceptors (Lipinski definition) is 4. The highest BCUT2D eigenvalue weighted by Crippen LogP contribution is 2.08. The molecule has 0 aromatic carbocycles. The molecule has 1 aliphatic rings. The molecular weight excluding hydrogens is 268 g/mol. The van der Waals surface area contributed by atoms with E-state index in [0.717, 1.165) is 38.2 Å². The number of aromatic nitrogens is 2. The first-order valence-corrected chi connectivity index (χ1v) is 7.67. The first kappa shape index (κ1) is 16.0. The van der Waals surface area contributed by atoms with Crippen LogP contribution in [0.25, 0.3) is 0 Å². The van der Waals surface area contributed by atoms with Gasteiger partial charge >= 0.3 is 0 Å². The van der Waals surface area contributed by atoms with Crippen molar-refractivity contribution in [1.29, 1.82) is 0 Å². The summed E-state index contributed by atoms with van der Waals surface area (Å²) in [6.45, 7) is 7.58. The third-order valence-electron chi connectivity index (χ3n) is 3.59. The van der Waals surface area contributed by atoms with Crippen LogP contribution in [0, 0.1) is 5.92 Å². The van der Waals surface area contributed by atoms with E-state index < -0.39 is 0 Å². The summed E-state index contributed by atoms with van der Waals surface area (Å²) in [4.78, 5) is 14.3. The molecule has 6 heteroatoms. The fourth-order valence-electron chi connectivity index (χ4n) is 2.50. The van der Waals surface area contributed by atoms with Crippen LogP contribution in [0.4, 0.5) is 0 Å². The molecule has 118 valence electrons. The fourth-order valence-corrected chi connectivity index (χ4v) is 2.50. The molecule has 0 saturated carbocycles. The standard InChI is InChI=1S/C15H26N4O2/c1-11(2)8-12-9-14(18-17-12)15(20)16-5-4-13-10-19(3)6-7-21-13/h9,11,13H,4-8,10H2,1-3H3,(H,16,20)(H,17,18)/t13-/m1/s1. The summed E-state index contributed by atoms with van der Waals surface area (Å²) in [5, 5.41) is 9.90. The Morgan fingerprint density at radius 1 is 1.62 bits per heavy atom. The smallest absolute Gasteiger partial charge is 0.271 e. The lowest BCUT2D eigenvalue weighted by atomic mass is 10.1. The molecule has 0 unspecified atom stereocenters. The molecule has 0 aliphatic carbocycles. The normalized spacial score (nSPS) is 19.9. The lowest BCUT2D eigenvalue weighted by Gasteiger charge is -2.30. The zero-order chi connectivity index (χ0) is 15.2. The molecule has 1 atom stereocenters. The van der Waals surface area contributed by atoms with Gasteiger partial charge in [-0.15, -0.1) is 0 Å². The largest absolute Gasteiger partial charge is 0.375 e. The van der Waals surface area contributed by atoms with Gasteiger partial charge in [0.15, 0.2) is 0 Å². The Morgan fingerprint density at radius 2 is 2.43 bits per heavy atom. The number of likely N-dealkylation sites (N-methyl/N-ethyl adjacent to an activating group) is 1. The Labute approximate surface area is 126 Å². The monoisotopic (exact) mass is 294 g/mol. The van der Waals surface area contributed by atoms with Gasteiger partial charge in [0, 0.05) is 25.3 Å². The average Bonchev–Trinajstić information content (AvgIpc) is 2.86. The molecule has 6 nitrogen and oxygen atoms in total. The van der Waals surface area contributed by atoms with Crippen molar-refractivity contribution < 1.29 is 9.53 Å². The van der Waals surface area contributed by atoms with Gasteiger partial charge in [-0.25, -0.2) is 0 Å². The van der Waals surface area contributed by atoms with Crippen LogP contribution in [0.2, 0.25) is 0 Å². The predicted molar refractivity (Wildman–Crippen MR) is 81.3 cm³/mol. The van der Waals surface area contributed by atoms with Gasteiger partial charge in [-0.3, -0.25) is 9.89 Å². The van der Waals surface area contributed by atoms with Crippen LogP contribution in [0.3, 0.4) is 0 Å². The molecule has 2 heterocycles. The van der Waals surface area contributed by atoms with Crippen LogP contribution in [0.5, 0.6) is 0 Å². The third-order valence-corrected chi connectivity index (χ3v) is 3.59. The van der Waals surface area contributed by atoms with Gasteiger partial charge < -0.3 is 15.0 Å².